The van der Waals surface area contributed by atoms with Crippen molar-refractivity contribution in [2.45, 2.75) is 6.61 Å². The van der Waals surface area contributed by atoms with Crippen LogP contribution < -0.4 is 4.74 Å². The van der Waals surface area contributed by atoms with E-state index >= 15 is 0 Å². The summed E-state index contributed by atoms with van der Waals surface area (Å²) in [5.74, 6) is -0.691. The van der Waals surface area contributed by atoms with E-state index in [0.29, 0.717) is 10.2 Å². The van der Waals surface area contributed by atoms with Gasteiger partial charge in [-0.25, -0.2) is 9.78 Å². The van der Waals surface area contributed by atoms with Crippen molar-refractivity contribution in [1.82, 2.24) is 9.38 Å². The van der Waals surface area contributed by atoms with Crippen molar-refractivity contribution in [3.8, 4) is 5.75 Å². The summed E-state index contributed by atoms with van der Waals surface area (Å²) in [6.45, 7) is 0.232. The van der Waals surface area contributed by atoms with Gasteiger partial charge in [0.05, 0.1) is 5.69 Å². The van der Waals surface area contributed by atoms with Gasteiger partial charge in [-0.1, -0.05) is 15.9 Å². The fourth-order valence-corrected chi connectivity index (χ4v) is 2.87. The molecule has 5 nitrogen and oxygen atoms in total. The molecule has 2 aromatic heterocycles. The van der Waals surface area contributed by atoms with Crippen molar-refractivity contribution in [3.63, 3.8) is 0 Å². The van der Waals surface area contributed by atoms with Crippen LogP contribution in [0.4, 0.5) is 0 Å². The van der Waals surface area contributed by atoms with Crippen molar-refractivity contribution in [2.75, 3.05) is 0 Å². The van der Waals surface area contributed by atoms with Gasteiger partial charge in [0.2, 0.25) is 0 Å². The minimum Gasteiger partial charge on any atom is -0.486 e. The zero-order chi connectivity index (χ0) is 14.1. The van der Waals surface area contributed by atoms with E-state index in [9.17, 15) is 4.79 Å². The van der Waals surface area contributed by atoms with E-state index in [4.69, 9.17) is 9.84 Å². The molecule has 7 heteroatoms. The van der Waals surface area contributed by atoms with Crippen molar-refractivity contribution in [2.24, 2.45) is 0 Å². The number of carboxylic acids is 1. The molecule has 1 aromatic carbocycles. The Morgan fingerprint density at radius 1 is 1.50 bits per heavy atom. The molecule has 0 unspecified atom stereocenters. The van der Waals surface area contributed by atoms with Crippen LogP contribution in [0.15, 0.2) is 40.4 Å². The number of aromatic nitrogens is 2. The van der Waals surface area contributed by atoms with Gasteiger partial charge in [-0.05, 0) is 18.2 Å². The number of imidazole rings is 1. The predicted octanol–water partition coefficient (Wildman–Crippen LogP) is 3.44. The molecular weight excluding hydrogens is 344 g/mol. The van der Waals surface area contributed by atoms with Gasteiger partial charge in [0, 0.05) is 22.2 Å². The van der Waals surface area contributed by atoms with Crippen molar-refractivity contribution in [1.29, 1.82) is 0 Å². The Morgan fingerprint density at radius 2 is 2.35 bits per heavy atom. The van der Waals surface area contributed by atoms with E-state index in [-0.39, 0.29) is 12.2 Å². The Kier molecular flexibility index (Phi) is 3.45. The topological polar surface area (TPSA) is 63.8 Å². The summed E-state index contributed by atoms with van der Waals surface area (Å²) in [6, 6.07) is 4.89. The molecule has 0 saturated heterocycles. The average molecular weight is 353 g/mol. The average Bonchev–Trinajstić information content (AvgIpc) is 2.97. The number of carboxylic acid groups (broad SMARTS) is 1. The van der Waals surface area contributed by atoms with Crippen molar-refractivity contribution < 1.29 is 14.6 Å². The highest BCUT2D eigenvalue weighted by Gasteiger charge is 2.12. The second-order valence-corrected chi connectivity index (χ2v) is 5.85. The third-order valence-electron chi connectivity index (χ3n) is 2.69. The molecule has 0 aliphatic heterocycles. The van der Waals surface area contributed by atoms with Crippen LogP contribution in [-0.4, -0.2) is 20.5 Å². The molecule has 0 saturated carbocycles. The summed E-state index contributed by atoms with van der Waals surface area (Å²) >= 11 is 4.78. The maximum atomic E-state index is 11.2. The molecule has 102 valence electrons. The normalized spacial score (nSPS) is 10.8. The zero-order valence-electron chi connectivity index (χ0n) is 10.1. The molecule has 3 aromatic rings. The number of nitrogens with zero attached hydrogens (tertiary/aromatic N) is 2. The van der Waals surface area contributed by atoms with Crippen LogP contribution in [0.25, 0.3) is 4.96 Å². The van der Waals surface area contributed by atoms with Crippen LogP contribution in [0.2, 0.25) is 0 Å². The van der Waals surface area contributed by atoms with Gasteiger partial charge in [0.25, 0.3) is 0 Å². The summed E-state index contributed by atoms with van der Waals surface area (Å²) in [6.07, 6.45) is 3.78. The van der Waals surface area contributed by atoms with Gasteiger partial charge in [0.15, 0.2) is 4.96 Å². The molecule has 0 fully saturated rings. The number of rotatable bonds is 4. The third-order valence-corrected chi connectivity index (χ3v) is 3.95. The number of fused-ring (bicyclic) bond motifs is 1. The third kappa shape index (κ3) is 2.54. The Balaban J connectivity index is 1.81. The van der Waals surface area contributed by atoms with Gasteiger partial charge in [-0.3, -0.25) is 4.40 Å². The van der Waals surface area contributed by atoms with Gasteiger partial charge in [0.1, 0.15) is 17.9 Å². The second-order valence-electron chi connectivity index (χ2n) is 4.06. The molecule has 0 spiro atoms. The molecular formula is C13H9BrN2O3S. The largest absolute Gasteiger partial charge is 0.486 e. The van der Waals surface area contributed by atoms with Gasteiger partial charge in [-0.15, -0.1) is 11.3 Å². The number of benzene rings is 1. The maximum Gasteiger partial charge on any atom is 0.339 e. The Labute approximate surface area is 126 Å². The molecule has 3 rings (SSSR count). The van der Waals surface area contributed by atoms with Crippen LogP contribution in [0.3, 0.4) is 0 Å². The Bertz CT molecular complexity index is 752. The number of ether oxygens (including phenoxy) is 1. The molecule has 2 heterocycles. The van der Waals surface area contributed by atoms with E-state index < -0.39 is 5.97 Å². The lowest BCUT2D eigenvalue weighted by Crippen LogP contribution is -2.03. The van der Waals surface area contributed by atoms with Crippen LogP contribution in [0, 0.1) is 0 Å². The lowest BCUT2D eigenvalue weighted by atomic mass is 10.2. The summed E-state index contributed by atoms with van der Waals surface area (Å²) in [7, 11) is 0. The van der Waals surface area contributed by atoms with E-state index in [0.717, 1.165) is 10.7 Å². The van der Waals surface area contributed by atoms with Gasteiger partial charge >= 0.3 is 5.97 Å². The highest BCUT2D eigenvalue weighted by Crippen LogP contribution is 2.24. The molecule has 0 amide bonds. The summed E-state index contributed by atoms with van der Waals surface area (Å²) in [4.78, 5) is 16.4. The van der Waals surface area contributed by atoms with Gasteiger partial charge < -0.3 is 9.84 Å². The number of hydrogen-bond donors (Lipinski definition) is 1. The van der Waals surface area contributed by atoms with Crippen LogP contribution >= 0.6 is 27.3 Å². The lowest BCUT2D eigenvalue weighted by molar-refractivity contribution is 0.0691. The van der Waals surface area contributed by atoms with Crippen LogP contribution in [0.1, 0.15) is 16.1 Å². The first-order valence-electron chi connectivity index (χ1n) is 5.70. The first-order valence-corrected chi connectivity index (χ1v) is 7.37. The predicted molar refractivity (Wildman–Crippen MR) is 78.5 cm³/mol. The first kappa shape index (κ1) is 13.1. The Morgan fingerprint density at radius 3 is 3.10 bits per heavy atom. The molecule has 0 aliphatic rings. The molecule has 20 heavy (non-hydrogen) atoms. The quantitative estimate of drug-likeness (QED) is 0.781. The zero-order valence-corrected chi connectivity index (χ0v) is 12.5. The van der Waals surface area contributed by atoms with Crippen LogP contribution in [-0.2, 0) is 6.61 Å². The fraction of sp³-hybridized carbons (Fsp3) is 0.0769. The number of halogens is 1. The Hall–Kier alpha value is -1.86. The summed E-state index contributed by atoms with van der Waals surface area (Å²) in [5.41, 5.74) is 0.886. The SMILES string of the molecule is O=C(O)c1cc(Br)ccc1OCc1cn2ccsc2n1. The van der Waals surface area contributed by atoms with Crippen LogP contribution in [0.5, 0.6) is 5.75 Å². The van der Waals surface area contributed by atoms with Crippen molar-refractivity contribution >= 4 is 38.2 Å². The standard InChI is InChI=1S/C13H9BrN2O3S/c14-8-1-2-11(10(5-8)12(17)18)19-7-9-6-16-3-4-20-13(16)15-9/h1-6H,7H2,(H,17,18). The number of carbonyl (C=O) groups is 1. The maximum absolute atomic E-state index is 11.2. The molecule has 0 aliphatic carbocycles. The van der Waals surface area contributed by atoms with Gasteiger partial charge in [-0.2, -0.15) is 0 Å². The van der Waals surface area contributed by atoms with E-state index in [1.165, 1.54) is 17.4 Å². The monoisotopic (exact) mass is 352 g/mol. The summed E-state index contributed by atoms with van der Waals surface area (Å²) in [5, 5.41) is 11.1. The summed E-state index contributed by atoms with van der Waals surface area (Å²) < 4.78 is 8.17. The highest BCUT2D eigenvalue weighted by atomic mass is 79.9. The smallest absolute Gasteiger partial charge is 0.339 e. The molecule has 0 atom stereocenters. The minimum absolute atomic E-state index is 0.125. The van der Waals surface area contributed by atoms with E-state index in [2.05, 4.69) is 20.9 Å². The molecule has 1 N–H and O–H groups in total. The van der Waals surface area contributed by atoms with E-state index in [1.54, 1.807) is 12.1 Å². The minimum atomic E-state index is -1.02. The van der Waals surface area contributed by atoms with Crippen molar-refractivity contribution in [3.05, 3.63) is 51.7 Å². The molecule has 0 radical (unpaired) electrons. The number of aromatic carboxylic acids is 1. The highest BCUT2D eigenvalue weighted by molar-refractivity contribution is 9.10. The number of thiazole rings is 1. The van der Waals surface area contributed by atoms with E-state index in [1.807, 2.05) is 22.2 Å². The second kappa shape index (κ2) is 5.26. The fourth-order valence-electron chi connectivity index (χ4n) is 1.79. The first-order chi connectivity index (χ1) is 9.63. The molecule has 0 bridgehead atoms. The lowest BCUT2D eigenvalue weighted by Gasteiger charge is -2.08. The number of hydrogen-bond acceptors (Lipinski definition) is 4.